The zero-order valence-corrected chi connectivity index (χ0v) is 22.3. The Morgan fingerprint density at radius 3 is 2.49 bits per heavy atom. The molecule has 0 bridgehead atoms. The summed E-state index contributed by atoms with van der Waals surface area (Å²) in [6.45, 7) is 0.249. The van der Waals surface area contributed by atoms with E-state index in [1.807, 2.05) is 24.3 Å². The molecule has 1 fully saturated rings. The fourth-order valence-electron chi connectivity index (χ4n) is 5.40. The van der Waals surface area contributed by atoms with E-state index in [4.69, 9.17) is 14.2 Å². The molecule has 0 radical (unpaired) electrons. The third kappa shape index (κ3) is 4.54. The summed E-state index contributed by atoms with van der Waals surface area (Å²) < 4.78 is 42.3. The largest absolute Gasteiger partial charge is 0.494 e. The van der Waals surface area contributed by atoms with E-state index in [0.717, 1.165) is 54.0 Å². The quantitative estimate of drug-likeness (QED) is 0.236. The number of fused-ring (bicyclic) bond motifs is 2. The maximum absolute atomic E-state index is 14.8. The molecule has 0 amide bonds. The van der Waals surface area contributed by atoms with Crippen LogP contribution in [0.4, 0.5) is 4.39 Å². The highest BCUT2D eigenvalue weighted by Crippen LogP contribution is 2.43. The summed E-state index contributed by atoms with van der Waals surface area (Å²) in [7, 11) is 2.94. The molecule has 0 saturated heterocycles. The van der Waals surface area contributed by atoms with Crippen LogP contribution in [0, 0.1) is 5.82 Å². The van der Waals surface area contributed by atoms with E-state index in [-0.39, 0.29) is 24.1 Å². The minimum atomic E-state index is -1.13. The molecule has 5 aromatic rings. The predicted octanol–water partition coefficient (Wildman–Crippen LogP) is 6.54. The van der Waals surface area contributed by atoms with Crippen LogP contribution >= 0.6 is 11.7 Å². The smallest absolute Gasteiger partial charge is 0.353 e. The van der Waals surface area contributed by atoms with E-state index in [0.29, 0.717) is 33.5 Å². The third-order valence-electron chi connectivity index (χ3n) is 7.25. The lowest BCUT2D eigenvalue weighted by molar-refractivity contribution is 0.0687. The summed E-state index contributed by atoms with van der Waals surface area (Å²) in [4.78, 5) is 12.9. The van der Waals surface area contributed by atoms with Crippen LogP contribution in [0.2, 0.25) is 0 Å². The summed E-state index contributed by atoms with van der Waals surface area (Å²) in [5, 5.41) is 11.1. The summed E-state index contributed by atoms with van der Waals surface area (Å²) in [6, 6.07) is 13.8. The van der Waals surface area contributed by atoms with E-state index in [9.17, 15) is 14.3 Å². The summed E-state index contributed by atoms with van der Waals surface area (Å²) in [6.07, 6.45) is 4.21. The molecule has 0 spiro atoms. The number of rotatable bonds is 8. The van der Waals surface area contributed by atoms with Crippen molar-refractivity contribution in [3.05, 3.63) is 65.6 Å². The Hall–Kier alpha value is -4.18. The Morgan fingerprint density at radius 2 is 1.77 bits per heavy atom. The average molecular weight is 548 g/mol. The lowest BCUT2D eigenvalue weighted by Gasteiger charge is -2.17. The predicted molar refractivity (Wildman–Crippen MR) is 147 cm³/mol. The number of methoxy groups -OCH3 is 2. The first-order valence-electron chi connectivity index (χ1n) is 12.7. The van der Waals surface area contributed by atoms with Gasteiger partial charge in [-0.15, -0.1) is 0 Å². The van der Waals surface area contributed by atoms with Crippen LogP contribution in [0.15, 0.2) is 48.5 Å². The van der Waals surface area contributed by atoms with Gasteiger partial charge in [0.25, 0.3) is 0 Å². The third-order valence-corrected chi connectivity index (χ3v) is 7.80. The molecule has 10 heteroatoms. The number of carboxylic acid groups (broad SMARTS) is 1. The lowest BCUT2D eigenvalue weighted by atomic mass is 10.0. The first-order valence-corrected chi connectivity index (χ1v) is 13.4. The fourth-order valence-corrected chi connectivity index (χ4v) is 5.92. The van der Waals surface area contributed by atoms with E-state index >= 15 is 0 Å². The number of carboxylic acids is 1. The summed E-state index contributed by atoms with van der Waals surface area (Å²) in [5.74, 6) is -0.588. The molecule has 39 heavy (non-hydrogen) atoms. The molecule has 3 aromatic carbocycles. The molecule has 1 aliphatic rings. The Labute approximate surface area is 227 Å². The van der Waals surface area contributed by atoms with Crippen LogP contribution in [0.5, 0.6) is 17.2 Å². The molecule has 2 aromatic heterocycles. The molecule has 1 N–H and O–H groups in total. The standard InChI is InChI=1S/C29H26FN3O5S/c1-36-24-10-8-17(12-20(24)30)27-19-13-25(37-2)26(38-18-5-3-4-6-18)14-23(19)33(28(27)29(34)35)15-16-7-9-21-22(11-16)32-39-31-21/h7-14,18H,3-6,15H2,1-2H3,(H,34,35). The SMILES string of the molecule is COc1ccc(-c2c(C(=O)O)n(Cc3ccc4nsnc4c3)c3cc(OC4CCCC4)c(OC)cc23)cc1F. The molecular formula is C29H26FN3O5S. The molecule has 1 saturated carbocycles. The highest BCUT2D eigenvalue weighted by atomic mass is 32.1. The van der Waals surface area contributed by atoms with Crippen molar-refractivity contribution in [2.24, 2.45) is 0 Å². The van der Waals surface area contributed by atoms with Gasteiger partial charge in [-0.1, -0.05) is 12.1 Å². The first kappa shape index (κ1) is 25.1. The van der Waals surface area contributed by atoms with Crippen molar-refractivity contribution in [3.63, 3.8) is 0 Å². The number of nitrogens with zero attached hydrogens (tertiary/aromatic N) is 3. The van der Waals surface area contributed by atoms with Crippen LogP contribution in [-0.2, 0) is 6.54 Å². The van der Waals surface area contributed by atoms with Crippen molar-refractivity contribution in [1.82, 2.24) is 13.3 Å². The van der Waals surface area contributed by atoms with E-state index in [1.165, 1.54) is 19.2 Å². The second-order valence-electron chi connectivity index (χ2n) is 9.60. The molecular weight excluding hydrogens is 521 g/mol. The Balaban J connectivity index is 1.60. The number of carbonyl (C=O) groups is 1. The van der Waals surface area contributed by atoms with Gasteiger partial charge in [-0.3, -0.25) is 0 Å². The molecule has 6 rings (SSSR count). The van der Waals surface area contributed by atoms with Gasteiger partial charge in [0.15, 0.2) is 23.1 Å². The van der Waals surface area contributed by atoms with Crippen LogP contribution in [0.1, 0.15) is 41.7 Å². The van der Waals surface area contributed by atoms with Crippen molar-refractivity contribution in [2.45, 2.75) is 38.3 Å². The second-order valence-corrected chi connectivity index (χ2v) is 10.1. The van der Waals surface area contributed by atoms with Crippen LogP contribution in [-0.4, -0.2) is 44.7 Å². The van der Waals surface area contributed by atoms with Crippen molar-refractivity contribution in [3.8, 4) is 28.4 Å². The highest BCUT2D eigenvalue weighted by molar-refractivity contribution is 7.00. The Morgan fingerprint density at radius 1 is 1.00 bits per heavy atom. The van der Waals surface area contributed by atoms with Crippen molar-refractivity contribution in [2.75, 3.05) is 14.2 Å². The molecule has 0 unspecified atom stereocenters. The van der Waals surface area contributed by atoms with Crippen LogP contribution in [0.3, 0.4) is 0 Å². The molecule has 1 aliphatic carbocycles. The zero-order chi connectivity index (χ0) is 27.1. The van der Waals surface area contributed by atoms with Crippen molar-refractivity contribution in [1.29, 1.82) is 0 Å². The minimum absolute atomic E-state index is 0.0335. The molecule has 200 valence electrons. The van der Waals surface area contributed by atoms with Gasteiger partial charge >= 0.3 is 5.97 Å². The minimum Gasteiger partial charge on any atom is -0.494 e. The average Bonchev–Trinajstić information content (AvgIpc) is 3.68. The van der Waals surface area contributed by atoms with Crippen LogP contribution in [0.25, 0.3) is 33.1 Å². The Kier molecular flexibility index (Phi) is 6.56. The number of aromatic carboxylic acids is 1. The van der Waals surface area contributed by atoms with Gasteiger partial charge in [-0.25, -0.2) is 9.18 Å². The fraction of sp³-hybridized carbons (Fsp3) is 0.276. The van der Waals surface area contributed by atoms with Crippen molar-refractivity contribution >= 4 is 39.6 Å². The molecule has 2 heterocycles. The monoisotopic (exact) mass is 547 g/mol. The van der Waals surface area contributed by atoms with E-state index in [1.54, 1.807) is 23.8 Å². The number of aromatic nitrogens is 3. The maximum Gasteiger partial charge on any atom is 0.353 e. The van der Waals surface area contributed by atoms with Gasteiger partial charge in [0.2, 0.25) is 0 Å². The number of hydrogen-bond acceptors (Lipinski definition) is 7. The zero-order valence-electron chi connectivity index (χ0n) is 21.4. The normalized spacial score (nSPS) is 13.8. The van der Waals surface area contributed by atoms with Crippen molar-refractivity contribution < 1.29 is 28.5 Å². The summed E-state index contributed by atoms with van der Waals surface area (Å²) in [5.41, 5.74) is 3.87. The molecule has 0 aliphatic heterocycles. The molecule has 0 atom stereocenters. The maximum atomic E-state index is 14.8. The number of hydrogen-bond donors (Lipinski definition) is 1. The van der Waals surface area contributed by atoms with Gasteiger partial charge < -0.3 is 23.9 Å². The van der Waals surface area contributed by atoms with Gasteiger partial charge in [0.05, 0.1) is 37.6 Å². The lowest BCUT2D eigenvalue weighted by Crippen LogP contribution is -2.12. The number of halogens is 1. The first-order chi connectivity index (χ1) is 19.0. The van der Waals surface area contributed by atoms with Gasteiger partial charge in [-0.2, -0.15) is 8.75 Å². The van der Waals surface area contributed by atoms with E-state index in [2.05, 4.69) is 8.75 Å². The molecule has 8 nitrogen and oxygen atoms in total. The van der Waals surface area contributed by atoms with Crippen LogP contribution < -0.4 is 14.2 Å². The van der Waals surface area contributed by atoms with E-state index < -0.39 is 11.8 Å². The topological polar surface area (TPSA) is 95.7 Å². The summed E-state index contributed by atoms with van der Waals surface area (Å²) >= 11 is 1.13. The van der Waals surface area contributed by atoms with Gasteiger partial charge in [0, 0.05) is 23.6 Å². The number of benzene rings is 3. The highest BCUT2D eigenvalue weighted by Gasteiger charge is 2.27. The Bertz CT molecular complexity index is 1710. The number of ether oxygens (including phenoxy) is 3. The van der Waals surface area contributed by atoms with Gasteiger partial charge in [-0.05, 0) is 67.1 Å². The second kappa shape index (κ2) is 10.2. The van der Waals surface area contributed by atoms with Gasteiger partial charge in [0.1, 0.15) is 16.7 Å².